The van der Waals surface area contributed by atoms with Crippen LogP contribution in [0.3, 0.4) is 0 Å². The summed E-state index contributed by atoms with van der Waals surface area (Å²) in [5, 5.41) is 3.76. The highest BCUT2D eigenvalue weighted by atomic mass is 16.5. The standard InChI is InChI=1S/C17H25NO/c1-13(18-17-8-10-19-11-9-17)15-7-6-14-4-2-3-5-16(14)12-15/h6-7,12-13,17-18H,2-5,8-11H2,1H3. The molecule has 104 valence electrons. The number of nitrogens with one attached hydrogen (secondary N) is 1. The predicted molar refractivity (Wildman–Crippen MR) is 78.5 cm³/mol. The third kappa shape index (κ3) is 3.18. The van der Waals surface area contributed by atoms with Crippen LogP contribution in [0.1, 0.15) is 55.3 Å². The third-order valence-corrected chi connectivity index (χ3v) is 4.58. The molecule has 1 aromatic carbocycles. The molecule has 1 aliphatic heterocycles. The van der Waals surface area contributed by atoms with Crippen LogP contribution in [-0.4, -0.2) is 19.3 Å². The van der Waals surface area contributed by atoms with Gasteiger partial charge in [-0.1, -0.05) is 18.2 Å². The van der Waals surface area contributed by atoms with Crippen molar-refractivity contribution in [2.75, 3.05) is 13.2 Å². The van der Waals surface area contributed by atoms with Crippen molar-refractivity contribution >= 4 is 0 Å². The molecule has 2 aliphatic rings. The first-order valence-electron chi connectivity index (χ1n) is 7.78. The Morgan fingerprint density at radius 3 is 2.63 bits per heavy atom. The van der Waals surface area contributed by atoms with Crippen molar-refractivity contribution in [1.82, 2.24) is 5.32 Å². The van der Waals surface area contributed by atoms with Gasteiger partial charge in [0, 0.05) is 25.3 Å². The molecule has 1 unspecified atom stereocenters. The van der Waals surface area contributed by atoms with E-state index in [1.807, 2.05) is 0 Å². The Morgan fingerprint density at radius 2 is 1.84 bits per heavy atom. The number of ether oxygens (including phenoxy) is 1. The molecule has 0 saturated carbocycles. The second-order valence-corrected chi connectivity index (χ2v) is 6.01. The summed E-state index contributed by atoms with van der Waals surface area (Å²) in [5.74, 6) is 0. The highest BCUT2D eigenvalue weighted by Crippen LogP contribution is 2.25. The predicted octanol–water partition coefficient (Wildman–Crippen LogP) is 3.40. The van der Waals surface area contributed by atoms with E-state index in [0.29, 0.717) is 12.1 Å². The minimum Gasteiger partial charge on any atom is -0.381 e. The Labute approximate surface area is 116 Å². The minimum atomic E-state index is 0.454. The molecule has 1 aromatic rings. The molecule has 0 aromatic heterocycles. The van der Waals surface area contributed by atoms with Crippen LogP contribution >= 0.6 is 0 Å². The van der Waals surface area contributed by atoms with E-state index >= 15 is 0 Å². The van der Waals surface area contributed by atoms with Gasteiger partial charge in [-0.2, -0.15) is 0 Å². The fourth-order valence-electron chi connectivity index (χ4n) is 3.34. The number of benzene rings is 1. The van der Waals surface area contributed by atoms with Crippen LogP contribution < -0.4 is 5.32 Å². The maximum Gasteiger partial charge on any atom is 0.0480 e. The van der Waals surface area contributed by atoms with E-state index in [1.54, 1.807) is 11.1 Å². The van der Waals surface area contributed by atoms with Crippen LogP contribution in [0.25, 0.3) is 0 Å². The van der Waals surface area contributed by atoms with Gasteiger partial charge in [-0.15, -0.1) is 0 Å². The lowest BCUT2D eigenvalue weighted by Gasteiger charge is -2.27. The molecule has 1 heterocycles. The van der Waals surface area contributed by atoms with Crippen molar-refractivity contribution in [3.63, 3.8) is 0 Å². The second-order valence-electron chi connectivity index (χ2n) is 6.01. The van der Waals surface area contributed by atoms with Crippen LogP contribution in [0.4, 0.5) is 0 Å². The zero-order chi connectivity index (χ0) is 13.1. The molecule has 0 radical (unpaired) electrons. The first-order valence-corrected chi connectivity index (χ1v) is 7.78. The topological polar surface area (TPSA) is 21.3 Å². The summed E-state index contributed by atoms with van der Waals surface area (Å²) >= 11 is 0. The lowest BCUT2D eigenvalue weighted by molar-refractivity contribution is 0.0754. The van der Waals surface area contributed by atoms with E-state index in [1.165, 1.54) is 31.2 Å². The Balaban J connectivity index is 1.67. The minimum absolute atomic E-state index is 0.454. The maximum atomic E-state index is 5.42. The van der Waals surface area contributed by atoms with Gasteiger partial charge >= 0.3 is 0 Å². The van der Waals surface area contributed by atoms with Crippen LogP contribution in [0, 0.1) is 0 Å². The number of fused-ring (bicyclic) bond motifs is 1. The number of rotatable bonds is 3. The van der Waals surface area contributed by atoms with Crippen molar-refractivity contribution in [2.24, 2.45) is 0 Å². The monoisotopic (exact) mass is 259 g/mol. The fourth-order valence-corrected chi connectivity index (χ4v) is 3.34. The fraction of sp³-hybridized carbons (Fsp3) is 0.647. The van der Waals surface area contributed by atoms with Gasteiger partial charge in [0.05, 0.1) is 0 Å². The lowest BCUT2D eigenvalue weighted by Crippen LogP contribution is -2.36. The first kappa shape index (κ1) is 13.1. The molecule has 1 atom stereocenters. The van der Waals surface area contributed by atoms with Gasteiger partial charge in [0.2, 0.25) is 0 Å². The Hall–Kier alpha value is -0.860. The van der Waals surface area contributed by atoms with Crippen LogP contribution in [0.15, 0.2) is 18.2 Å². The smallest absolute Gasteiger partial charge is 0.0480 e. The zero-order valence-corrected chi connectivity index (χ0v) is 12.0. The van der Waals surface area contributed by atoms with Crippen LogP contribution in [0.5, 0.6) is 0 Å². The Morgan fingerprint density at radius 1 is 1.11 bits per heavy atom. The summed E-state index contributed by atoms with van der Waals surface area (Å²) < 4.78 is 5.42. The quantitative estimate of drug-likeness (QED) is 0.898. The van der Waals surface area contributed by atoms with Gasteiger partial charge in [-0.05, 0) is 62.1 Å². The molecule has 0 amide bonds. The summed E-state index contributed by atoms with van der Waals surface area (Å²) in [6, 6.07) is 8.19. The molecule has 19 heavy (non-hydrogen) atoms. The molecule has 3 rings (SSSR count). The van der Waals surface area contributed by atoms with Gasteiger partial charge in [-0.25, -0.2) is 0 Å². The van der Waals surface area contributed by atoms with Crippen molar-refractivity contribution in [2.45, 2.75) is 57.5 Å². The summed E-state index contributed by atoms with van der Waals surface area (Å²) in [5.41, 5.74) is 4.62. The molecule has 1 aliphatic carbocycles. The molecule has 2 nitrogen and oxygen atoms in total. The molecule has 1 fully saturated rings. The molecule has 0 spiro atoms. The van der Waals surface area contributed by atoms with E-state index in [4.69, 9.17) is 4.74 Å². The summed E-state index contributed by atoms with van der Waals surface area (Å²) in [7, 11) is 0. The normalized spacial score (nSPS) is 21.9. The number of aryl methyl sites for hydroxylation is 2. The molecule has 1 saturated heterocycles. The van der Waals surface area contributed by atoms with E-state index in [2.05, 4.69) is 30.4 Å². The average Bonchev–Trinajstić information content (AvgIpc) is 2.48. The third-order valence-electron chi connectivity index (χ3n) is 4.58. The zero-order valence-electron chi connectivity index (χ0n) is 12.0. The summed E-state index contributed by atoms with van der Waals surface area (Å²) in [4.78, 5) is 0. The summed E-state index contributed by atoms with van der Waals surface area (Å²) in [6.45, 7) is 4.11. The van der Waals surface area contributed by atoms with E-state index in [9.17, 15) is 0 Å². The van der Waals surface area contributed by atoms with Gasteiger partial charge in [0.15, 0.2) is 0 Å². The SMILES string of the molecule is CC(NC1CCOCC1)c1ccc2c(c1)CCCC2. The van der Waals surface area contributed by atoms with Gasteiger partial charge in [0.1, 0.15) is 0 Å². The van der Waals surface area contributed by atoms with Crippen LogP contribution in [-0.2, 0) is 17.6 Å². The largest absolute Gasteiger partial charge is 0.381 e. The first-order chi connectivity index (χ1) is 9.33. The molecule has 0 bridgehead atoms. The summed E-state index contributed by atoms with van der Waals surface area (Å²) in [6.07, 6.45) is 7.57. The second kappa shape index (κ2) is 6.06. The maximum absolute atomic E-state index is 5.42. The van der Waals surface area contributed by atoms with Crippen molar-refractivity contribution in [3.05, 3.63) is 34.9 Å². The highest BCUT2D eigenvalue weighted by Gasteiger charge is 2.18. The lowest BCUT2D eigenvalue weighted by atomic mass is 9.89. The Bertz CT molecular complexity index is 423. The average molecular weight is 259 g/mol. The van der Waals surface area contributed by atoms with Gasteiger partial charge < -0.3 is 10.1 Å². The van der Waals surface area contributed by atoms with Crippen LogP contribution in [0.2, 0.25) is 0 Å². The Kier molecular flexibility index (Phi) is 4.19. The van der Waals surface area contributed by atoms with E-state index < -0.39 is 0 Å². The van der Waals surface area contributed by atoms with Crippen molar-refractivity contribution in [1.29, 1.82) is 0 Å². The molecular weight excluding hydrogens is 234 g/mol. The number of hydrogen-bond donors (Lipinski definition) is 1. The van der Waals surface area contributed by atoms with Gasteiger partial charge in [-0.3, -0.25) is 0 Å². The molecular formula is C17H25NO. The van der Waals surface area contributed by atoms with Crippen molar-refractivity contribution < 1.29 is 4.74 Å². The van der Waals surface area contributed by atoms with E-state index in [-0.39, 0.29) is 0 Å². The molecule has 1 N–H and O–H groups in total. The molecule has 2 heteroatoms. The van der Waals surface area contributed by atoms with Gasteiger partial charge in [0.25, 0.3) is 0 Å². The number of hydrogen-bond acceptors (Lipinski definition) is 2. The van der Waals surface area contributed by atoms with Crippen molar-refractivity contribution in [3.8, 4) is 0 Å². The van der Waals surface area contributed by atoms with E-state index in [0.717, 1.165) is 26.1 Å². The highest BCUT2D eigenvalue weighted by molar-refractivity contribution is 5.35.